The summed E-state index contributed by atoms with van der Waals surface area (Å²) in [5.41, 5.74) is 6.28. The third kappa shape index (κ3) is 4.52. The van der Waals surface area contributed by atoms with Gasteiger partial charge in [0.05, 0.1) is 13.2 Å². The van der Waals surface area contributed by atoms with Gasteiger partial charge in [0.25, 0.3) is 0 Å². The van der Waals surface area contributed by atoms with E-state index in [1.54, 1.807) is 13.8 Å². The standard InChI is InChI=1S/C14H21N6O6PS2/c1-3-25-27(24,26-4-2)7-19-14(16-17-18-19)29-6-8-5-28-12-9(15)11(21)20(12)10(8)13(22)23/h9,12H,3-7,15H2,1-2H3,(H,22,23)/t9-,12-/m1/s1. The van der Waals surface area contributed by atoms with Gasteiger partial charge in [-0.3, -0.25) is 14.3 Å². The van der Waals surface area contributed by atoms with Crippen molar-refractivity contribution >= 4 is 43.0 Å². The number of hydrogen-bond acceptors (Lipinski definition) is 11. The topological polar surface area (TPSA) is 163 Å². The molecule has 12 nitrogen and oxygen atoms in total. The molecule has 0 radical (unpaired) electrons. The molecule has 29 heavy (non-hydrogen) atoms. The SMILES string of the molecule is CCOP(=O)(Cn1nnnc1SCC1=C(C(=O)O)N2C(=O)[C@@H](N)[C@H]2SC1)OCC. The van der Waals surface area contributed by atoms with Crippen LogP contribution in [-0.4, -0.2) is 78.2 Å². The molecule has 0 aliphatic carbocycles. The molecule has 2 aliphatic heterocycles. The van der Waals surface area contributed by atoms with E-state index in [2.05, 4.69) is 15.5 Å². The van der Waals surface area contributed by atoms with Gasteiger partial charge in [-0.2, -0.15) is 0 Å². The molecule has 1 amide bonds. The van der Waals surface area contributed by atoms with Gasteiger partial charge < -0.3 is 19.9 Å². The number of aromatic nitrogens is 4. The number of thioether (sulfide) groups is 2. The van der Waals surface area contributed by atoms with Crippen LogP contribution in [0.3, 0.4) is 0 Å². The Hall–Kier alpha value is -1.44. The van der Waals surface area contributed by atoms with E-state index in [0.29, 0.717) is 16.5 Å². The number of nitrogens with two attached hydrogens (primary N) is 1. The maximum absolute atomic E-state index is 12.7. The first-order valence-corrected chi connectivity index (χ1v) is 12.5. The van der Waals surface area contributed by atoms with Crippen LogP contribution >= 0.6 is 31.1 Å². The van der Waals surface area contributed by atoms with E-state index in [1.807, 2.05) is 0 Å². The van der Waals surface area contributed by atoms with Crippen LogP contribution in [0.5, 0.6) is 0 Å². The number of tetrazole rings is 1. The van der Waals surface area contributed by atoms with Crippen molar-refractivity contribution in [2.75, 3.05) is 24.7 Å². The van der Waals surface area contributed by atoms with Crippen molar-refractivity contribution in [1.29, 1.82) is 0 Å². The molecule has 2 atom stereocenters. The summed E-state index contributed by atoms with van der Waals surface area (Å²) in [5.74, 6) is -0.910. The number of fused-ring (bicyclic) bond motifs is 1. The summed E-state index contributed by atoms with van der Waals surface area (Å²) in [4.78, 5) is 25.0. The van der Waals surface area contributed by atoms with Crippen molar-refractivity contribution < 1.29 is 28.3 Å². The Kier molecular flexibility index (Phi) is 7.02. The van der Waals surface area contributed by atoms with Crippen LogP contribution in [0.25, 0.3) is 0 Å². The Morgan fingerprint density at radius 2 is 2.10 bits per heavy atom. The zero-order valence-electron chi connectivity index (χ0n) is 15.8. The van der Waals surface area contributed by atoms with Gasteiger partial charge in [-0.1, -0.05) is 11.8 Å². The minimum atomic E-state index is -3.41. The number of β-lactam (4-membered cyclic amide) rings is 1. The number of carboxylic acids is 1. The fourth-order valence-electron chi connectivity index (χ4n) is 2.91. The lowest BCUT2D eigenvalue weighted by molar-refractivity contribution is -0.147. The van der Waals surface area contributed by atoms with Crippen LogP contribution < -0.4 is 5.73 Å². The molecule has 3 N–H and O–H groups in total. The van der Waals surface area contributed by atoms with Crippen molar-refractivity contribution in [3.8, 4) is 0 Å². The summed E-state index contributed by atoms with van der Waals surface area (Å²) < 4.78 is 24.5. The van der Waals surface area contributed by atoms with Crippen LogP contribution in [0.2, 0.25) is 0 Å². The smallest absolute Gasteiger partial charge is 0.352 e. The minimum Gasteiger partial charge on any atom is -0.477 e. The van der Waals surface area contributed by atoms with E-state index in [1.165, 1.54) is 33.1 Å². The Balaban J connectivity index is 1.75. The number of rotatable bonds is 10. The van der Waals surface area contributed by atoms with Crippen molar-refractivity contribution in [3.05, 3.63) is 11.3 Å². The van der Waals surface area contributed by atoms with Gasteiger partial charge >= 0.3 is 13.6 Å². The molecule has 0 saturated carbocycles. The second kappa shape index (κ2) is 9.14. The summed E-state index contributed by atoms with van der Waals surface area (Å²) in [6.45, 7) is 3.83. The Morgan fingerprint density at radius 1 is 1.41 bits per heavy atom. The maximum Gasteiger partial charge on any atom is 0.352 e. The predicted octanol–water partition coefficient (Wildman–Crippen LogP) is 0.570. The number of nitrogens with zero attached hydrogens (tertiary/aromatic N) is 5. The summed E-state index contributed by atoms with van der Waals surface area (Å²) in [5, 5.41) is 20.9. The molecule has 0 bridgehead atoms. The molecule has 1 fully saturated rings. The number of aliphatic carboxylic acids is 1. The average Bonchev–Trinajstić information content (AvgIpc) is 3.11. The highest BCUT2D eigenvalue weighted by Crippen LogP contribution is 2.50. The van der Waals surface area contributed by atoms with Crippen LogP contribution in [0.1, 0.15) is 13.8 Å². The molecule has 1 saturated heterocycles. The second-order valence-electron chi connectivity index (χ2n) is 6.03. The van der Waals surface area contributed by atoms with Gasteiger partial charge in [-0.15, -0.1) is 16.9 Å². The Labute approximate surface area is 175 Å². The number of carbonyl (C=O) groups is 2. The first kappa shape index (κ1) is 22.2. The van der Waals surface area contributed by atoms with E-state index in [0.717, 1.165) is 0 Å². The van der Waals surface area contributed by atoms with E-state index in [4.69, 9.17) is 14.8 Å². The molecule has 15 heteroatoms. The van der Waals surface area contributed by atoms with E-state index in [9.17, 15) is 19.3 Å². The van der Waals surface area contributed by atoms with E-state index >= 15 is 0 Å². The molecule has 0 unspecified atom stereocenters. The summed E-state index contributed by atoms with van der Waals surface area (Å²) in [6, 6.07) is -0.679. The zero-order valence-corrected chi connectivity index (χ0v) is 18.3. The van der Waals surface area contributed by atoms with Crippen molar-refractivity contribution in [2.24, 2.45) is 5.73 Å². The van der Waals surface area contributed by atoms with Crippen LogP contribution in [0.15, 0.2) is 16.4 Å². The number of carbonyl (C=O) groups excluding carboxylic acids is 1. The van der Waals surface area contributed by atoms with Gasteiger partial charge in [0.2, 0.25) is 11.1 Å². The fraction of sp³-hybridized carbons (Fsp3) is 0.643. The first-order valence-electron chi connectivity index (χ1n) is 8.74. The lowest BCUT2D eigenvalue weighted by Crippen LogP contribution is -2.68. The zero-order chi connectivity index (χ0) is 21.2. The molecular weight excluding hydrogens is 443 g/mol. The van der Waals surface area contributed by atoms with Gasteiger partial charge in [0.1, 0.15) is 23.4 Å². The molecule has 3 heterocycles. The molecule has 160 valence electrons. The Bertz CT molecular complexity index is 869. The quantitative estimate of drug-likeness (QED) is 0.281. The van der Waals surface area contributed by atoms with Gasteiger partial charge in [0.15, 0.2) is 0 Å². The van der Waals surface area contributed by atoms with Crippen LogP contribution in [0, 0.1) is 0 Å². The predicted molar refractivity (Wildman–Crippen MR) is 105 cm³/mol. The highest BCUT2D eigenvalue weighted by Gasteiger charge is 2.51. The maximum atomic E-state index is 12.7. The third-order valence-corrected chi connectivity index (χ3v) is 8.45. The molecule has 0 aromatic carbocycles. The Morgan fingerprint density at radius 3 is 2.72 bits per heavy atom. The van der Waals surface area contributed by atoms with Gasteiger partial charge in [-0.25, -0.2) is 9.48 Å². The molecule has 1 aromatic heterocycles. The second-order valence-corrected chi connectivity index (χ2v) is 10.1. The molecule has 3 rings (SSSR count). The number of carboxylic acid groups (broad SMARTS) is 1. The normalized spacial score (nSPS) is 21.9. The van der Waals surface area contributed by atoms with Crippen molar-refractivity contribution in [1.82, 2.24) is 25.1 Å². The minimum absolute atomic E-state index is 0.0405. The monoisotopic (exact) mass is 464 g/mol. The van der Waals surface area contributed by atoms with Crippen LogP contribution in [-0.2, 0) is 29.5 Å². The van der Waals surface area contributed by atoms with Crippen molar-refractivity contribution in [3.63, 3.8) is 0 Å². The van der Waals surface area contributed by atoms with Crippen LogP contribution in [0.4, 0.5) is 0 Å². The lowest BCUT2D eigenvalue weighted by atomic mass is 10.0. The van der Waals surface area contributed by atoms with E-state index in [-0.39, 0.29) is 36.3 Å². The number of hydrogen-bond donors (Lipinski definition) is 2. The first-order chi connectivity index (χ1) is 13.8. The molecule has 1 aromatic rings. The van der Waals surface area contributed by atoms with Gasteiger partial charge in [0, 0.05) is 11.5 Å². The third-order valence-electron chi connectivity index (χ3n) is 4.12. The molecule has 2 aliphatic rings. The fourth-order valence-corrected chi connectivity index (χ4v) is 6.86. The number of amides is 1. The largest absolute Gasteiger partial charge is 0.477 e. The summed E-state index contributed by atoms with van der Waals surface area (Å²) in [7, 11) is -3.41. The highest BCUT2D eigenvalue weighted by molar-refractivity contribution is 8.01. The summed E-state index contributed by atoms with van der Waals surface area (Å²) in [6.07, 6.45) is -0.162. The highest BCUT2D eigenvalue weighted by atomic mass is 32.2. The molecule has 0 spiro atoms. The lowest BCUT2D eigenvalue weighted by Gasteiger charge is -2.48. The molecular formula is C14H21N6O6PS2. The van der Waals surface area contributed by atoms with Gasteiger partial charge in [-0.05, 0) is 29.8 Å². The average molecular weight is 464 g/mol. The van der Waals surface area contributed by atoms with E-state index < -0.39 is 25.5 Å². The summed E-state index contributed by atoms with van der Waals surface area (Å²) >= 11 is 2.60. The van der Waals surface area contributed by atoms with Crippen molar-refractivity contribution in [2.45, 2.75) is 36.7 Å².